The fraction of sp³-hybridized carbons (Fsp3) is 0.368. The Kier molecular flexibility index (Phi) is 4.73. The van der Waals surface area contributed by atoms with Gasteiger partial charge in [-0.25, -0.2) is 4.52 Å². The van der Waals surface area contributed by atoms with Gasteiger partial charge >= 0.3 is 0 Å². The number of phenols is 1. The topological polar surface area (TPSA) is 66.1 Å². The van der Waals surface area contributed by atoms with Crippen molar-refractivity contribution >= 4 is 5.65 Å². The van der Waals surface area contributed by atoms with Crippen molar-refractivity contribution in [2.75, 3.05) is 46.4 Å². The van der Waals surface area contributed by atoms with E-state index in [0.29, 0.717) is 12.5 Å². The summed E-state index contributed by atoms with van der Waals surface area (Å²) >= 11 is 0. The minimum absolute atomic E-state index is 0.242. The summed E-state index contributed by atoms with van der Waals surface area (Å²) in [5, 5.41) is 13.8. The third-order valence-electron chi connectivity index (χ3n) is 4.78. The predicted molar refractivity (Wildman–Crippen MR) is 99.5 cm³/mol. The number of benzene rings is 1. The molecule has 0 bridgehead atoms. The average molecular weight is 353 g/mol. The Balaban J connectivity index is 1.45. The Morgan fingerprint density at radius 1 is 1.08 bits per heavy atom. The maximum absolute atomic E-state index is 9.47. The van der Waals surface area contributed by atoms with Gasteiger partial charge in [0.2, 0.25) is 5.88 Å². The van der Waals surface area contributed by atoms with Crippen LogP contribution in [0.1, 0.15) is 0 Å². The molecule has 7 nitrogen and oxygen atoms in total. The van der Waals surface area contributed by atoms with Crippen LogP contribution in [0.2, 0.25) is 0 Å². The molecular weight excluding hydrogens is 330 g/mol. The van der Waals surface area contributed by atoms with Crippen molar-refractivity contribution in [3.63, 3.8) is 0 Å². The van der Waals surface area contributed by atoms with Crippen molar-refractivity contribution < 1.29 is 9.84 Å². The first kappa shape index (κ1) is 16.8. The molecule has 3 aromatic rings. The minimum Gasteiger partial charge on any atom is -0.508 e. The molecule has 7 heteroatoms. The van der Waals surface area contributed by atoms with Gasteiger partial charge in [0, 0.05) is 50.6 Å². The van der Waals surface area contributed by atoms with Crippen LogP contribution in [0.3, 0.4) is 0 Å². The maximum Gasteiger partial charge on any atom is 0.216 e. The highest BCUT2D eigenvalue weighted by Gasteiger charge is 2.14. The molecule has 1 fully saturated rings. The van der Waals surface area contributed by atoms with Crippen molar-refractivity contribution in [1.29, 1.82) is 0 Å². The number of hydrogen-bond donors (Lipinski definition) is 1. The van der Waals surface area contributed by atoms with Crippen LogP contribution in [0.4, 0.5) is 0 Å². The number of piperazine rings is 1. The first-order valence-corrected chi connectivity index (χ1v) is 8.86. The lowest BCUT2D eigenvalue weighted by Crippen LogP contribution is -2.45. The summed E-state index contributed by atoms with van der Waals surface area (Å²) in [5.74, 6) is 0.846. The summed E-state index contributed by atoms with van der Waals surface area (Å²) in [6.07, 6.45) is 3.64. The number of aromatic nitrogens is 3. The van der Waals surface area contributed by atoms with E-state index >= 15 is 0 Å². The quantitative estimate of drug-likeness (QED) is 0.754. The van der Waals surface area contributed by atoms with Crippen LogP contribution in [0.25, 0.3) is 16.8 Å². The van der Waals surface area contributed by atoms with Gasteiger partial charge in [-0.2, -0.15) is 10.1 Å². The predicted octanol–water partition coefficient (Wildman–Crippen LogP) is 1.73. The zero-order valence-electron chi connectivity index (χ0n) is 14.9. The van der Waals surface area contributed by atoms with Gasteiger partial charge in [0.1, 0.15) is 12.4 Å². The van der Waals surface area contributed by atoms with Crippen molar-refractivity contribution in [2.24, 2.45) is 0 Å². The van der Waals surface area contributed by atoms with Crippen LogP contribution < -0.4 is 4.74 Å². The first-order chi connectivity index (χ1) is 12.7. The number of nitrogens with zero attached hydrogens (tertiary/aromatic N) is 5. The van der Waals surface area contributed by atoms with Crippen LogP contribution >= 0.6 is 0 Å². The van der Waals surface area contributed by atoms with Gasteiger partial charge in [-0.15, -0.1) is 0 Å². The van der Waals surface area contributed by atoms with Crippen LogP contribution in [-0.2, 0) is 0 Å². The monoisotopic (exact) mass is 353 g/mol. The molecule has 0 amide bonds. The summed E-state index contributed by atoms with van der Waals surface area (Å²) < 4.78 is 7.61. The van der Waals surface area contributed by atoms with E-state index in [1.54, 1.807) is 22.8 Å². The van der Waals surface area contributed by atoms with E-state index in [4.69, 9.17) is 4.74 Å². The zero-order chi connectivity index (χ0) is 17.9. The highest BCUT2D eigenvalue weighted by atomic mass is 16.5. The number of aromatic hydroxyl groups is 1. The van der Waals surface area contributed by atoms with Gasteiger partial charge in [-0.3, -0.25) is 4.90 Å². The number of likely N-dealkylation sites (N-methyl/N-ethyl adjacent to an activating group) is 1. The summed E-state index contributed by atoms with van der Waals surface area (Å²) in [5.41, 5.74) is 2.61. The molecule has 26 heavy (non-hydrogen) atoms. The van der Waals surface area contributed by atoms with Crippen molar-refractivity contribution in [2.45, 2.75) is 0 Å². The smallest absolute Gasteiger partial charge is 0.216 e. The Hall–Kier alpha value is -2.64. The summed E-state index contributed by atoms with van der Waals surface area (Å²) in [4.78, 5) is 9.38. The highest BCUT2D eigenvalue weighted by Crippen LogP contribution is 2.26. The Labute approximate surface area is 152 Å². The van der Waals surface area contributed by atoms with Gasteiger partial charge in [0.05, 0.1) is 6.20 Å². The van der Waals surface area contributed by atoms with Crippen molar-refractivity contribution in [3.8, 4) is 22.8 Å². The number of hydrogen-bond acceptors (Lipinski definition) is 6. The van der Waals surface area contributed by atoms with E-state index in [1.807, 2.05) is 24.4 Å². The Bertz CT molecular complexity index is 869. The molecule has 0 unspecified atom stereocenters. The number of rotatable bonds is 5. The molecule has 1 N–H and O–H groups in total. The van der Waals surface area contributed by atoms with Crippen LogP contribution in [0.15, 0.2) is 42.7 Å². The van der Waals surface area contributed by atoms with E-state index in [-0.39, 0.29) is 5.75 Å². The third kappa shape index (κ3) is 3.63. The lowest BCUT2D eigenvalue weighted by molar-refractivity contribution is 0.132. The van der Waals surface area contributed by atoms with E-state index in [9.17, 15) is 5.11 Å². The lowest BCUT2D eigenvalue weighted by atomic mass is 10.1. The normalized spacial score (nSPS) is 16.2. The van der Waals surface area contributed by atoms with Gasteiger partial charge in [-0.1, -0.05) is 12.1 Å². The molecule has 4 rings (SSSR count). The fourth-order valence-corrected chi connectivity index (χ4v) is 3.13. The molecule has 136 valence electrons. The standard InChI is InChI=1S/C19H23N5O2/c1-22-8-10-23(11-9-22)12-13-26-18-6-7-24-19(21-18)17(14-20-24)15-2-4-16(25)5-3-15/h2-7,14,25H,8-13H2,1H3. The SMILES string of the molecule is CN1CCN(CCOc2ccn3ncc(-c4ccc(O)cc4)c3n2)CC1. The first-order valence-electron chi connectivity index (χ1n) is 8.86. The zero-order valence-corrected chi connectivity index (χ0v) is 14.9. The van der Waals surface area contributed by atoms with Crippen molar-refractivity contribution in [3.05, 3.63) is 42.7 Å². The largest absolute Gasteiger partial charge is 0.508 e. The molecule has 3 heterocycles. The van der Waals surface area contributed by atoms with Crippen LogP contribution in [0, 0.1) is 0 Å². The number of phenolic OH excluding ortho intramolecular Hbond substituents is 1. The summed E-state index contributed by atoms with van der Waals surface area (Å²) in [7, 11) is 2.16. The van der Waals surface area contributed by atoms with Crippen molar-refractivity contribution in [1.82, 2.24) is 24.4 Å². The van der Waals surface area contributed by atoms with E-state index < -0.39 is 0 Å². The van der Waals surface area contributed by atoms with E-state index in [2.05, 4.69) is 26.9 Å². The van der Waals surface area contributed by atoms with Gasteiger partial charge < -0.3 is 14.7 Å². The molecule has 0 spiro atoms. The van der Waals surface area contributed by atoms with Gasteiger partial charge in [-0.05, 0) is 24.7 Å². The second kappa shape index (κ2) is 7.31. The molecular formula is C19H23N5O2. The molecule has 1 aliphatic heterocycles. The molecule has 0 atom stereocenters. The Morgan fingerprint density at radius 2 is 1.85 bits per heavy atom. The second-order valence-corrected chi connectivity index (χ2v) is 6.63. The summed E-state index contributed by atoms with van der Waals surface area (Å²) in [6, 6.07) is 8.87. The highest BCUT2D eigenvalue weighted by molar-refractivity contribution is 5.77. The summed E-state index contributed by atoms with van der Waals surface area (Å²) in [6.45, 7) is 5.91. The van der Waals surface area contributed by atoms with Crippen LogP contribution in [-0.4, -0.2) is 75.9 Å². The molecule has 2 aromatic heterocycles. The van der Waals surface area contributed by atoms with E-state index in [0.717, 1.165) is 49.5 Å². The fourth-order valence-electron chi connectivity index (χ4n) is 3.13. The third-order valence-corrected chi connectivity index (χ3v) is 4.78. The number of ether oxygens (including phenoxy) is 1. The maximum atomic E-state index is 9.47. The second-order valence-electron chi connectivity index (χ2n) is 6.63. The minimum atomic E-state index is 0.242. The van der Waals surface area contributed by atoms with E-state index in [1.165, 1.54) is 0 Å². The average Bonchev–Trinajstić information content (AvgIpc) is 3.07. The Morgan fingerprint density at radius 3 is 2.62 bits per heavy atom. The lowest BCUT2D eigenvalue weighted by Gasteiger charge is -2.32. The molecule has 0 saturated carbocycles. The molecule has 1 aliphatic rings. The number of fused-ring (bicyclic) bond motifs is 1. The molecule has 1 aromatic carbocycles. The van der Waals surface area contributed by atoms with Gasteiger partial charge in [0.25, 0.3) is 0 Å². The molecule has 0 radical (unpaired) electrons. The van der Waals surface area contributed by atoms with Crippen LogP contribution in [0.5, 0.6) is 11.6 Å². The molecule has 1 saturated heterocycles. The molecule has 0 aliphatic carbocycles. The van der Waals surface area contributed by atoms with Gasteiger partial charge in [0.15, 0.2) is 5.65 Å².